The summed E-state index contributed by atoms with van der Waals surface area (Å²) in [7, 11) is 0. The third-order valence-corrected chi connectivity index (χ3v) is 8.01. The molecular formula is C32H24N4O6. The first-order valence-corrected chi connectivity index (χ1v) is 13.4. The highest BCUT2D eigenvalue weighted by atomic mass is 16.5. The van der Waals surface area contributed by atoms with Gasteiger partial charge in [0.15, 0.2) is 0 Å². The van der Waals surface area contributed by atoms with E-state index in [2.05, 4.69) is 5.32 Å². The Morgan fingerprint density at radius 1 is 0.905 bits per heavy atom. The van der Waals surface area contributed by atoms with E-state index in [1.165, 1.54) is 13.0 Å². The first-order chi connectivity index (χ1) is 20.2. The van der Waals surface area contributed by atoms with Gasteiger partial charge in [-0.3, -0.25) is 4.79 Å². The number of hydrogen-bond donors (Lipinski definition) is 3. The number of esters is 1. The van der Waals surface area contributed by atoms with Crippen LogP contribution in [0.4, 0.5) is 28.4 Å². The lowest BCUT2D eigenvalue weighted by atomic mass is 9.82. The lowest BCUT2D eigenvalue weighted by Gasteiger charge is -2.42. The summed E-state index contributed by atoms with van der Waals surface area (Å²) in [5.74, 6) is -2.89. The van der Waals surface area contributed by atoms with Gasteiger partial charge < -0.3 is 25.2 Å². The maximum atomic E-state index is 12.7. The van der Waals surface area contributed by atoms with Crippen molar-refractivity contribution in [3.63, 3.8) is 0 Å². The minimum atomic E-state index is -1.16. The molecule has 0 fully saturated rings. The summed E-state index contributed by atoms with van der Waals surface area (Å²) < 4.78 is 5.46. The van der Waals surface area contributed by atoms with Gasteiger partial charge in [-0.1, -0.05) is 37.3 Å². The van der Waals surface area contributed by atoms with E-state index >= 15 is 0 Å². The van der Waals surface area contributed by atoms with E-state index in [4.69, 9.17) is 14.7 Å². The highest BCUT2D eigenvalue weighted by molar-refractivity contribution is 6.12. The van der Waals surface area contributed by atoms with E-state index in [0.717, 1.165) is 16.8 Å². The number of nitrogens with one attached hydrogen (secondary N) is 1. The molecule has 10 heteroatoms. The predicted octanol–water partition coefficient (Wildman–Crippen LogP) is 6.80. The summed E-state index contributed by atoms with van der Waals surface area (Å²) in [5, 5.41) is 23.6. The summed E-state index contributed by atoms with van der Waals surface area (Å²) in [6, 6.07) is 17.7. The van der Waals surface area contributed by atoms with E-state index in [0.29, 0.717) is 44.9 Å². The quantitative estimate of drug-likeness (QED) is 0.156. The molecule has 0 spiro atoms. The van der Waals surface area contributed by atoms with Crippen molar-refractivity contribution in [2.75, 3.05) is 10.2 Å². The van der Waals surface area contributed by atoms with Crippen molar-refractivity contribution in [2.24, 2.45) is 0 Å². The molecule has 3 heterocycles. The molecule has 42 heavy (non-hydrogen) atoms. The minimum Gasteiger partial charge on any atom is -0.478 e. The van der Waals surface area contributed by atoms with Gasteiger partial charge in [-0.05, 0) is 42.8 Å². The largest absolute Gasteiger partial charge is 0.478 e. The lowest BCUT2D eigenvalue weighted by molar-refractivity contribution is -0.145. The molecular weight excluding hydrogens is 536 g/mol. The number of aromatic nitrogens is 2. The molecule has 7 rings (SSSR count). The fourth-order valence-corrected chi connectivity index (χ4v) is 6.25. The number of nitrogens with zero attached hydrogens (tertiary/aromatic N) is 3. The second kappa shape index (κ2) is 9.00. The first kappa shape index (κ1) is 25.5. The molecule has 0 amide bonds. The number of carbonyl (C=O) groups excluding carboxylic acids is 1. The molecule has 2 unspecified atom stereocenters. The standard InChI is InChI=1S/C32H24N4O6/c1-14-17-7-4-11-22-30(17)36(23-12-6-9-19(31(38)39)27(23)34-22)24-13-20(32(40)41)28-29(25(14)24)35-26-18(15(2)42-16(3)37)8-5-10-21(26)33-28/h4-15,34H,1-3H3,(H,38,39)(H,40,41). The molecule has 0 saturated heterocycles. The smallest absolute Gasteiger partial charge is 0.338 e. The number of aromatic carboxylic acids is 2. The highest BCUT2D eigenvalue weighted by Gasteiger charge is 2.38. The van der Waals surface area contributed by atoms with Gasteiger partial charge in [0.2, 0.25) is 0 Å². The van der Waals surface area contributed by atoms with Gasteiger partial charge in [-0.25, -0.2) is 19.6 Å². The number of carboxylic acid groups (broad SMARTS) is 2. The van der Waals surface area contributed by atoms with E-state index in [-0.39, 0.29) is 22.6 Å². The highest BCUT2D eigenvalue weighted by Crippen LogP contribution is 2.58. The molecule has 1 aromatic heterocycles. The van der Waals surface area contributed by atoms with E-state index in [1.54, 1.807) is 31.2 Å². The van der Waals surface area contributed by atoms with Crippen LogP contribution in [0.3, 0.4) is 0 Å². The number of hydrogen-bond acceptors (Lipinski definition) is 8. The molecule has 2 aliphatic rings. The van der Waals surface area contributed by atoms with Gasteiger partial charge in [-0.2, -0.15) is 0 Å². The molecule has 208 valence electrons. The Morgan fingerprint density at radius 3 is 2.38 bits per heavy atom. The summed E-state index contributed by atoms with van der Waals surface area (Å²) in [4.78, 5) is 48.4. The Labute approximate surface area is 239 Å². The summed E-state index contributed by atoms with van der Waals surface area (Å²) in [6.45, 7) is 5.13. The number of anilines is 5. The Bertz CT molecular complexity index is 2040. The SMILES string of the molecule is CC(=O)OC(C)c1cccc2nc3c(C(=O)O)cc4c(c3nc12)C(C)c1cccc2c1N4c1cccc(C(=O)O)c1N2. The third-order valence-electron chi connectivity index (χ3n) is 8.01. The molecule has 2 aliphatic heterocycles. The van der Waals surface area contributed by atoms with Crippen molar-refractivity contribution in [3.05, 3.63) is 88.5 Å². The van der Waals surface area contributed by atoms with Crippen molar-refractivity contribution in [3.8, 4) is 0 Å². The normalized spacial score (nSPS) is 15.3. The molecule has 0 radical (unpaired) electrons. The van der Waals surface area contributed by atoms with E-state index in [9.17, 15) is 24.6 Å². The van der Waals surface area contributed by atoms with E-state index < -0.39 is 24.0 Å². The van der Waals surface area contributed by atoms with Crippen LogP contribution in [0.5, 0.6) is 0 Å². The molecule has 3 N–H and O–H groups in total. The average Bonchev–Trinajstić information content (AvgIpc) is 2.96. The van der Waals surface area contributed by atoms with Crippen LogP contribution >= 0.6 is 0 Å². The maximum Gasteiger partial charge on any atom is 0.338 e. The van der Waals surface area contributed by atoms with Gasteiger partial charge >= 0.3 is 17.9 Å². The maximum absolute atomic E-state index is 12.7. The topological polar surface area (TPSA) is 142 Å². The molecule has 2 atom stereocenters. The van der Waals surface area contributed by atoms with Crippen LogP contribution in [0, 0.1) is 0 Å². The number of carbonyl (C=O) groups is 3. The fraction of sp³-hybridized carbons (Fsp3) is 0.156. The zero-order chi connectivity index (χ0) is 29.4. The van der Waals surface area contributed by atoms with Crippen LogP contribution in [0.25, 0.3) is 22.1 Å². The third kappa shape index (κ3) is 3.54. The van der Waals surface area contributed by atoms with Crippen molar-refractivity contribution in [1.29, 1.82) is 0 Å². The minimum absolute atomic E-state index is 0.0285. The van der Waals surface area contributed by atoms with Crippen molar-refractivity contribution < 1.29 is 29.3 Å². The van der Waals surface area contributed by atoms with Crippen LogP contribution in [0.1, 0.15) is 70.2 Å². The second-order valence-electron chi connectivity index (χ2n) is 10.5. The van der Waals surface area contributed by atoms with Crippen molar-refractivity contribution in [1.82, 2.24) is 9.97 Å². The average molecular weight is 561 g/mol. The Hall–Kier alpha value is -5.51. The first-order valence-electron chi connectivity index (χ1n) is 13.4. The van der Waals surface area contributed by atoms with E-state index in [1.807, 2.05) is 42.2 Å². The summed E-state index contributed by atoms with van der Waals surface area (Å²) in [5.41, 5.74) is 7.19. The van der Waals surface area contributed by atoms with Crippen LogP contribution < -0.4 is 10.2 Å². The number of ether oxygens (including phenoxy) is 1. The number of carboxylic acids is 2. The predicted molar refractivity (Wildman–Crippen MR) is 157 cm³/mol. The summed E-state index contributed by atoms with van der Waals surface area (Å²) in [6.07, 6.45) is -0.605. The number of benzene rings is 4. The summed E-state index contributed by atoms with van der Waals surface area (Å²) >= 11 is 0. The van der Waals surface area contributed by atoms with Gasteiger partial charge in [-0.15, -0.1) is 0 Å². The second-order valence-corrected chi connectivity index (χ2v) is 10.5. The number of fused-ring (bicyclic) bond motifs is 7. The monoisotopic (exact) mass is 560 g/mol. The van der Waals surface area contributed by atoms with Gasteiger partial charge in [0.1, 0.15) is 11.6 Å². The van der Waals surface area contributed by atoms with Crippen LogP contribution in [0.2, 0.25) is 0 Å². The Morgan fingerprint density at radius 2 is 1.64 bits per heavy atom. The Balaban J connectivity index is 1.60. The molecule has 10 nitrogen and oxygen atoms in total. The molecule has 0 bridgehead atoms. The van der Waals surface area contributed by atoms with Crippen LogP contribution in [-0.4, -0.2) is 38.1 Å². The molecule has 4 aromatic carbocycles. The van der Waals surface area contributed by atoms with Crippen molar-refractivity contribution >= 4 is 68.4 Å². The fourth-order valence-electron chi connectivity index (χ4n) is 6.25. The van der Waals surface area contributed by atoms with Crippen LogP contribution in [0.15, 0.2) is 60.7 Å². The van der Waals surface area contributed by atoms with Gasteiger partial charge in [0, 0.05) is 24.0 Å². The zero-order valence-electron chi connectivity index (χ0n) is 22.8. The molecule has 5 aromatic rings. The Kier molecular flexibility index (Phi) is 5.46. The lowest BCUT2D eigenvalue weighted by Crippen LogP contribution is -2.27. The molecule has 0 aliphatic carbocycles. The van der Waals surface area contributed by atoms with Crippen molar-refractivity contribution in [2.45, 2.75) is 32.8 Å². The van der Waals surface area contributed by atoms with Crippen LogP contribution in [-0.2, 0) is 9.53 Å². The van der Waals surface area contributed by atoms with Gasteiger partial charge in [0.25, 0.3) is 0 Å². The van der Waals surface area contributed by atoms with Gasteiger partial charge in [0.05, 0.1) is 56.1 Å². The molecule has 0 saturated carbocycles. The zero-order valence-corrected chi connectivity index (χ0v) is 22.8. The number of rotatable bonds is 4. The number of para-hydroxylation sites is 3.